The quantitative estimate of drug-likeness (QED) is 0.697. The molecule has 0 saturated heterocycles. The average Bonchev–Trinajstić information content (AvgIpc) is 2.78. The zero-order valence-corrected chi connectivity index (χ0v) is 15.9. The number of aliphatic imine (C=N–C) groups is 1. The first kappa shape index (κ1) is 19.4. The topological polar surface area (TPSA) is 114 Å². The SMILES string of the molecule is CC(CC(=O)NC(C)(CN)C(C)C)N=C1NS(=O)(=O)c2ccccc21. The van der Waals surface area contributed by atoms with Crippen LogP contribution in [0.3, 0.4) is 0 Å². The summed E-state index contributed by atoms with van der Waals surface area (Å²) >= 11 is 0. The highest BCUT2D eigenvalue weighted by molar-refractivity contribution is 7.90. The van der Waals surface area contributed by atoms with Gasteiger partial charge in [0.2, 0.25) is 5.91 Å². The number of nitrogens with two attached hydrogens (primary N) is 1. The van der Waals surface area contributed by atoms with Crippen LogP contribution in [0, 0.1) is 5.92 Å². The third-order valence-corrected chi connectivity index (χ3v) is 6.01. The Labute approximate surface area is 149 Å². The molecule has 2 unspecified atom stereocenters. The molecule has 138 valence electrons. The van der Waals surface area contributed by atoms with Crippen molar-refractivity contribution in [3.63, 3.8) is 0 Å². The van der Waals surface area contributed by atoms with Gasteiger partial charge in [0.05, 0.1) is 16.5 Å². The normalized spacial score (nSPS) is 20.6. The third-order valence-electron chi connectivity index (χ3n) is 4.62. The molecule has 7 nitrogen and oxygen atoms in total. The summed E-state index contributed by atoms with van der Waals surface area (Å²) in [5, 5.41) is 2.96. The molecule has 0 saturated carbocycles. The Morgan fingerprint density at radius 2 is 1.96 bits per heavy atom. The molecule has 2 atom stereocenters. The number of hydrogen-bond donors (Lipinski definition) is 3. The summed E-state index contributed by atoms with van der Waals surface area (Å²) in [7, 11) is -3.57. The van der Waals surface area contributed by atoms with Crippen LogP contribution in [-0.2, 0) is 14.8 Å². The van der Waals surface area contributed by atoms with Gasteiger partial charge in [-0.2, -0.15) is 0 Å². The number of nitrogens with one attached hydrogen (secondary N) is 2. The standard InChI is InChI=1S/C17H26N4O3S/c1-11(2)17(4,10-18)20-15(22)9-12(3)19-16-13-7-5-6-8-14(13)25(23,24)21-16/h5-8,11-12H,9-10,18H2,1-4H3,(H,19,21)(H,20,22). The van der Waals surface area contributed by atoms with E-state index in [9.17, 15) is 13.2 Å². The highest BCUT2D eigenvalue weighted by Gasteiger charge is 2.31. The summed E-state index contributed by atoms with van der Waals surface area (Å²) in [5.74, 6) is 0.311. The molecule has 0 aliphatic carbocycles. The van der Waals surface area contributed by atoms with Crippen molar-refractivity contribution in [2.45, 2.75) is 50.6 Å². The predicted molar refractivity (Wildman–Crippen MR) is 97.8 cm³/mol. The van der Waals surface area contributed by atoms with E-state index in [4.69, 9.17) is 5.73 Å². The van der Waals surface area contributed by atoms with Gasteiger partial charge in [0, 0.05) is 18.5 Å². The molecule has 25 heavy (non-hydrogen) atoms. The van der Waals surface area contributed by atoms with E-state index in [0.717, 1.165) is 0 Å². The van der Waals surface area contributed by atoms with Crippen LogP contribution in [0.15, 0.2) is 34.2 Å². The van der Waals surface area contributed by atoms with Crippen LogP contribution in [0.25, 0.3) is 0 Å². The van der Waals surface area contributed by atoms with E-state index in [2.05, 4.69) is 15.0 Å². The molecule has 2 rings (SSSR count). The summed E-state index contributed by atoms with van der Waals surface area (Å²) in [6, 6.07) is 6.27. The molecule has 0 aromatic heterocycles. The zero-order valence-electron chi connectivity index (χ0n) is 15.0. The molecular weight excluding hydrogens is 340 g/mol. The van der Waals surface area contributed by atoms with Gasteiger partial charge in [-0.05, 0) is 31.9 Å². The first-order valence-electron chi connectivity index (χ1n) is 8.30. The molecule has 0 fully saturated rings. The Hall–Kier alpha value is -1.93. The first-order valence-corrected chi connectivity index (χ1v) is 9.78. The van der Waals surface area contributed by atoms with Gasteiger partial charge in [0.1, 0.15) is 5.84 Å². The molecular formula is C17H26N4O3S. The lowest BCUT2D eigenvalue weighted by Crippen LogP contribution is -2.55. The van der Waals surface area contributed by atoms with Gasteiger partial charge < -0.3 is 11.1 Å². The summed E-state index contributed by atoms with van der Waals surface area (Å²) in [4.78, 5) is 16.9. The van der Waals surface area contributed by atoms with E-state index in [0.29, 0.717) is 12.1 Å². The molecule has 8 heteroatoms. The van der Waals surface area contributed by atoms with Crippen LogP contribution in [0.1, 0.15) is 39.7 Å². The maximum Gasteiger partial charge on any atom is 0.263 e. The molecule has 1 heterocycles. The van der Waals surface area contributed by atoms with Crippen molar-refractivity contribution in [2.75, 3.05) is 6.54 Å². The lowest BCUT2D eigenvalue weighted by molar-refractivity contribution is -0.123. The molecule has 1 aliphatic rings. The van der Waals surface area contributed by atoms with Crippen LogP contribution in [-0.4, -0.2) is 38.3 Å². The lowest BCUT2D eigenvalue weighted by atomic mass is 9.88. The third kappa shape index (κ3) is 4.19. The van der Waals surface area contributed by atoms with Crippen LogP contribution in [0.2, 0.25) is 0 Å². The minimum Gasteiger partial charge on any atom is -0.349 e. The number of carbonyl (C=O) groups is 1. The Balaban J connectivity index is 2.12. The van der Waals surface area contributed by atoms with Crippen LogP contribution >= 0.6 is 0 Å². The number of fused-ring (bicyclic) bond motifs is 1. The largest absolute Gasteiger partial charge is 0.349 e. The van der Waals surface area contributed by atoms with Crippen molar-refractivity contribution < 1.29 is 13.2 Å². The number of benzene rings is 1. The summed E-state index contributed by atoms with van der Waals surface area (Å²) < 4.78 is 26.6. The van der Waals surface area contributed by atoms with Crippen molar-refractivity contribution in [1.82, 2.24) is 10.0 Å². The van der Waals surface area contributed by atoms with Gasteiger partial charge in [0.15, 0.2) is 0 Å². The van der Waals surface area contributed by atoms with Gasteiger partial charge in [-0.3, -0.25) is 14.5 Å². The van der Waals surface area contributed by atoms with E-state index >= 15 is 0 Å². The Kier molecular flexibility index (Phi) is 5.53. The maximum absolute atomic E-state index is 12.3. The van der Waals surface area contributed by atoms with Gasteiger partial charge in [-0.15, -0.1) is 0 Å². The molecule has 0 radical (unpaired) electrons. The van der Waals surface area contributed by atoms with E-state index in [1.165, 1.54) is 6.07 Å². The number of amides is 1. The molecule has 1 amide bonds. The number of rotatable bonds is 6. The second-order valence-corrected chi connectivity index (χ2v) is 8.61. The van der Waals surface area contributed by atoms with Crippen LogP contribution < -0.4 is 15.8 Å². The Bertz CT molecular complexity index is 789. The molecule has 0 spiro atoms. The molecule has 0 bridgehead atoms. The van der Waals surface area contributed by atoms with Gasteiger partial charge in [0.25, 0.3) is 10.0 Å². The highest BCUT2D eigenvalue weighted by atomic mass is 32.2. The van der Waals surface area contributed by atoms with Crippen molar-refractivity contribution in [2.24, 2.45) is 16.6 Å². The minimum atomic E-state index is -3.57. The van der Waals surface area contributed by atoms with Crippen molar-refractivity contribution in [1.29, 1.82) is 0 Å². The summed E-state index contributed by atoms with van der Waals surface area (Å²) in [6.07, 6.45) is 0.149. The lowest BCUT2D eigenvalue weighted by Gasteiger charge is -2.33. The molecule has 4 N–H and O–H groups in total. The fourth-order valence-electron chi connectivity index (χ4n) is 2.56. The molecule has 1 aromatic carbocycles. The summed E-state index contributed by atoms with van der Waals surface area (Å²) in [5.41, 5.74) is 5.83. The van der Waals surface area contributed by atoms with Crippen molar-refractivity contribution in [3.05, 3.63) is 29.8 Å². The Morgan fingerprint density at radius 1 is 1.32 bits per heavy atom. The second kappa shape index (κ2) is 7.13. The first-order chi connectivity index (χ1) is 11.6. The Morgan fingerprint density at radius 3 is 2.56 bits per heavy atom. The molecule has 1 aliphatic heterocycles. The van der Waals surface area contributed by atoms with Gasteiger partial charge in [-0.25, -0.2) is 8.42 Å². The van der Waals surface area contributed by atoms with Crippen molar-refractivity contribution in [3.8, 4) is 0 Å². The average molecular weight is 366 g/mol. The smallest absolute Gasteiger partial charge is 0.263 e. The number of hydrogen-bond acceptors (Lipinski definition) is 5. The second-order valence-electron chi connectivity index (χ2n) is 6.96. The predicted octanol–water partition coefficient (Wildman–Crippen LogP) is 0.993. The van der Waals surface area contributed by atoms with Gasteiger partial charge in [-0.1, -0.05) is 26.0 Å². The fourth-order valence-corrected chi connectivity index (χ4v) is 3.80. The van der Waals surface area contributed by atoms with Crippen LogP contribution in [0.5, 0.6) is 0 Å². The fraction of sp³-hybridized carbons (Fsp3) is 0.529. The van der Waals surface area contributed by atoms with Crippen molar-refractivity contribution >= 4 is 21.8 Å². The number of nitrogens with zero attached hydrogens (tertiary/aromatic N) is 1. The van der Waals surface area contributed by atoms with E-state index in [1.54, 1.807) is 25.1 Å². The number of amidine groups is 1. The highest BCUT2D eigenvalue weighted by Crippen LogP contribution is 2.23. The minimum absolute atomic E-state index is 0.149. The number of carbonyl (C=O) groups excluding carboxylic acids is 1. The van der Waals surface area contributed by atoms with E-state index in [-0.39, 0.29) is 35.0 Å². The molecule has 1 aromatic rings. The summed E-state index contributed by atoms with van der Waals surface area (Å²) in [6.45, 7) is 8.03. The van der Waals surface area contributed by atoms with Gasteiger partial charge >= 0.3 is 0 Å². The number of sulfonamides is 1. The van der Waals surface area contributed by atoms with E-state index in [1.807, 2.05) is 20.8 Å². The monoisotopic (exact) mass is 366 g/mol. The maximum atomic E-state index is 12.3. The van der Waals surface area contributed by atoms with Crippen LogP contribution in [0.4, 0.5) is 0 Å². The zero-order chi connectivity index (χ0) is 18.8. The van der Waals surface area contributed by atoms with E-state index < -0.39 is 15.6 Å².